The SMILES string of the molecule is N#Cc1ccc(-c2ccc(N3c4ccccc4C(c4ccccc4)(c4ccccc4)c4ccccc43)cc2)c(C#N)c1. The highest BCUT2D eigenvalue weighted by atomic mass is 15.2. The number of fused-ring (bicyclic) bond motifs is 2. The quantitative estimate of drug-likeness (QED) is 0.226. The summed E-state index contributed by atoms with van der Waals surface area (Å²) in [5.74, 6) is 0. The third kappa shape index (κ3) is 3.80. The zero-order valence-electron chi connectivity index (χ0n) is 22.8. The smallest absolute Gasteiger partial charge is 0.0998 e. The van der Waals surface area contributed by atoms with Gasteiger partial charge in [0.2, 0.25) is 0 Å². The molecule has 3 nitrogen and oxygen atoms in total. The number of rotatable bonds is 4. The molecular weight excluding hydrogens is 510 g/mol. The molecule has 0 amide bonds. The number of nitriles is 2. The summed E-state index contributed by atoms with van der Waals surface area (Å²) in [6.45, 7) is 0. The topological polar surface area (TPSA) is 50.8 Å². The van der Waals surface area contributed by atoms with Gasteiger partial charge in [-0.15, -0.1) is 0 Å². The highest BCUT2D eigenvalue weighted by Crippen LogP contribution is 2.57. The van der Waals surface area contributed by atoms with E-state index in [4.69, 9.17) is 0 Å². The van der Waals surface area contributed by atoms with Gasteiger partial charge in [-0.3, -0.25) is 0 Å². The van der Waals surface area contributed by atoms with Gasteiger partial charge in [-0.05, 0) is 69.8 Å². The van der Waals surface area contributed by atoms with E-state index in [1.54, 1.807) is 12.1 Å². The number of anilines is 3. The highest BCUT2D eigenvalue weighted by Gasteiger charge is 2.46. The van der Waals surface area contributed by atoms with Crippen LogP contribution in [0.3, 0.4) is 0 Å². The molecule has 0 fully saturated rings. The Morgan fingerprint density at radius 3 is 1.55 bits per heavy atom. The Hall–Kier alpha value is -5.90. The average molecular weight is 536 g/mol. The third-order valence-electron chi connectivity index (χ3n) is 8.22. The van der Waals surface area contributed by atoms with Gasteiger partial charge in [-0.25, -0.2) is 0 Å². The van der Waals surface area contributed by atoms with Crippen molar-refractivity contribution in [3.05, 3.63) is 185 Å². The molecule has 7 rings (SSSR count). The number of hydrogen-bond acceptors (Lipinski definition) is 3. The monoisotopic (exact) mass is 535 g/mol. The van der Waals surface area contributed by atoms with Crippen molar-refractivity contribution in [3.63, 3.8) is 0 Å². The van der Waals surface area contributed by atoms with E-state index >= 15 is 0 Å². The highest BCUT2D eigenvalue weighted by molar-refractivity contribution is 5.90. The first-order valence-corrected chi connectivity index (χ1v) is 13.9. The zero-order valence-corrected chi connectivity index (χ0v) is 22.8. The standard InChI is InChI=1S/C39H25N3/c40-26-28-19-24-34(30(25-28)27-41)29-20-22-33(23-21-29)42-37-17-9-7-15-35(37)39(31-11-3-1-4-12-31,32-13-5-2-6-14-32)36-16-8-10-18-38(36)42/h1-25H. The molecule has 1 heterocycles. The van der Waals surface area contributed by atoms with E-state index in [1.807, 2.05) is 6.07 Å². The van der Waals surface area contributed by atoms with Crippen LogP contribution in [-0.2, 0) is 5.41 Å². The first-order chi connectivity index (χ1) is 20.8. The van der Waals surface area contributed by atoms with Crippen molar-refractivity contribution in [3.8, 4) is 23.3 Å². The molecule has 1 aliphatic rings. The van der Waals surface area contributed by atoms with Crippen molar-refractivity contribution in [1.29, 1.82) is 10.5 Å². The lowest BCUT2D eigenvalue weighted by atomic mass is 9.62. The summed E-state index contributed by atoms with van der Waals surface area (Å²) < 4.78 is 0. The minimum absolute atomic E-state index is 0.480. The summed E-state index contributed by atoms with van der Waals surface area (Å²) in [7, 11) is 0. The van der Waals surface area contributed by atoms with Gasteiger partial charge in [-0.1, -0.05) is 115 Å². The average Bonchev–Trinajstić information content (AvgIpc) is 3.08. The Kier molecular flexibility index (Phi) is 6.12. The molecule has 0 atom stereocenters. The van der Waals surface area contributed by atoms with Crippen LogP contribution >= 0.6 is 0 Å². The van der Waals surface area contributed by atoms with E-state index in [1.165, 1.54) is 22.3 Å². The molecule has 0 saturated carbocycles. The Labute approximate surface area is 245 Å². The van der Waals surface area contributed by atoms with Crippen LogP contribution < -0.4 is 4.90 Å². The van der Waals surface area contributed by atoms with Crippen LogP contribution in [-0.4, -0.2) is 0 Å². The third-order valence-corrected chi connectivity index (χ3v) is 8.22. The molecule has 0 aliphatic carbocycles. The lowest BCUT2D eigenvalue weighted by Gasteiger charge is -2.46. The fraction of sp³-hybridized carbons (Fsp3) is 0.0256. The fourth-order valence-corrected chi connectivity index (χ4v) is 6.44. The predicted molar refractivity (Wildman–Crippen MR) is 168 cm³/mol. The van der Waals surface area contributed by atoms with Gasteiger partial charge in [0.05, 0.1) is 40.1 Å². The second-order valence-corrected chi connectivity index (χ2v) is 10.4. The molecule has 0 radical (unpaired) electrons. The molecule has 0 bridgehead atoms. The summed E-state index contributed by atoms with van der Waals surface area (Å²) in [6, 6.07) is 56.9. The number of para-hydroxylation sites is 2. The predicted octanol–water partition coefficient (Wildman–Crippen LogP) is 9.26. The first-order valence-electron chi connectivity index (χ1n) is 13.9. The lowest BCUT2D eigenvalue weighted by Crippen LogP contribution is -2.37. The van der Waals surface area contributed by atoms with Gasteiger partial charge in [0.25, 0.3) is 0 Å². The van der Waals surface area contributed by atoms with Gasteiger partial charge >= 0.3 is 0 Å². The second-order valence-electron chi connectivity index (χ2n) is 10.4. The summed E-state index contributed by atoms with van der Waals surface area (Å²) in [5, 5.41) is 19.0. The van der Waals surface area contributed by atoms with Crippen molar-refractivity contribution < 1.29 is 0 Å². The Morgan fingerprint density at radius 1 is 0.500 bits per heavy atom. The van der Waals surface area contributed by atoms with E-state index in [9.17, 15) is 10.5 Å². The summed E-state index contributed by atoms with van der Waals surface area (Å²) in [5.41, 5.74) is 10.3. The van der Waals surface area contributed by atoms with Crippen molar-refractivity contribution in [2.45, 2.75) is 5.41 Å². The molecule has 1 aliphatic heterocycles. The van der Waals surface area contributed by atoms with Crippen LogP contribution in [0.1, 0.15) is 33.4 Å². The van der Waals surface area contributed by atoms with E-state index in [0.717, 1.165) is 28.2 Å². The first kappa shape index (κ1) is 25.1. The van der Waals surface area contributed by atoms with Crippen LogP contribution in [0.2, 0.25) is 0 Å². The minimum atomic E-state index is -0.504. The number of hydrogen-bond donors (Lipinski definition) is 0. The van der Waals surface area contributed by atoms with E-state index < -0.39 is 5.41 Å². The summed E-state index contributed by atoms with van der Waals surface area (Å²) in [4.78, 5) is 2.34. The summed E-state index contributed by atoms with van der Waals surface area (Å²) >= 11 is 0. The molecule has 0 spiro atoms. The molecule has 6 aromatic carbocycles. The maximum absolute atomic E-state index is 9.75. The van der Waals surface area contributed by atoms with E-state index in [2.05, 4.69) is 150 Å². The molecule has 42 heavy (non-hydrogen) atoms. The van der Waals surface area contributed by atoms with E-state index in [0.29, 0.717) is 11.1 Å². The van der Waals surface area contributed by atoms with E-state index in [-0.39, 0.29) is 0 Å². The Bertz CT molecular complexity index is 1910. The molecule has 0 unspecified atom stereocenters. The molecule has 0 saturated heterocycles. The van der Waals surface area contributed by atoms with Crippen LogP contribution in [0.4, 0.5) is 17.1 Å². The molecule has 3 heteroatoms. The molecule has 6 aromatic rings. The van der Waals surface area contributed by atoms with Gasteiger partial charge in [0, 0.05) is 5.69 Å². The van der Waals surface area contributed by atoms with Gasteiger partial charge in [-0.2, -0.15) is 10.5 Å². The van der Waals surface area contributed by atoms with Gasteiger partial charge in [0.1, 0.15) is 0 Å². The van der Waals surface area contributed by atoms with Crippen LogP contribution in [0, 0.1) is 22.7 Å². The van der Waals surface area contributed by atoms with Crippen molar-refractivity contribution in [1.82, 2.24) is 0 Å². The minimum Gasteiger partial charge on any atom is -0.310 e. The maximum Gasteiger partial charge on any atom is 0.0998 e. The molecule has 0 N–H and O–H groups in total. The number of benzene rings is 6. The zero-order chi connectivity index (χ0) is 28.5. The second kappa shape index (κ2) is 10.3. The molecular formula is C39H25N3. The fourth-order valence-electron chi connectivity index (χ4n) is 6.44. The number of nitrogens with zero attached hydrogens (tertiary/aromatic N) is 3. The normalized spacial score (nSPS) is 12.9. The largest absolute Gasteiger partial charge is 0.310 e. The summed E-state index contributed by atoms with van der Waals surface area (Å²) in [6.07, 6.45) is 0. The van der Waals surface area contributed by atoms with Gasteiger partial charge < -0.3 is 4.90 Å². The van der Waals surface area contributed by atoms with Gasteiger partial charge in [0.15, 0.2) is 0 Å². The maximum atomic E-state index is 9.75. The Balaban J connectivity index is 1.45. The Morgan fingerprint density at radius 2 is 1.02 bits per heavy atom. The van der Waals surface area contributed by atoms with Crippen LogP contribution in [0.15, 0.2) is 152 Å². The van der Waals surface area contributed by atoms with Crippen molar-refractivity contribution >= 4 is 17.1 Å². The van der Waals surface area contributed by atoms with Crippen molar-refractivity contribution in [2.75, 3.05) is 4.90 Å². The molecule has 196 valence electrons. The van der Waals surface area contributed by atoms with Crippen molar-refractivity contribution in [2.24, 2.45) is 0 Å². The lowest BCUT2D eigenvalue weighted by molar-refractivity contribution is 0.731. The van der Waals surface area contributed by atoms with Crippen LogP contribution in [0.25, 0.3) is 11.1 Å². The van der Waals surface area contributed by atoms with Crippen LogP contribution in [0.5, 0.6) is 0 Å². The molecule has 0 aromatic heterocycles.